The summed E-state index contributed by atoms with van der Waals surface area (Å²) >= 11 is 1.37. The average Bonchev–Trinajstić information content (AvgIpc) is 3.61. The van der Waals surface area contributed by atoms with Gasteiger partial charge in [0.25, 0.3) is 5.91 Å². The van der Waals surface area contributed by atoms with Crippen LogP contribution in [-0.2, 0) is 4.74 Å². The summed E-state index contributed by atoms with van der Waals surface area (Å²) in [4.78, 5) is 15.6. The van der Waals surface area contributed by atoms with Crippen molar-refractivity contribution in [3.63, 3.8) is 0 Å². The number of ether oxygens (including phenoxy) is 1. The average molecular weight is 575 g/mol. The molecule has 13 heteroatoms. The highest BCUT2D eigenvalue weighted by Crippen LogP contribution is 2.42. The van der Waals surface area contributed by atoms with E-state index in [1.54, 1.807) is 4.90 Å². The van der Waals surface area contributed by atoms with Crippen LogP contribution in [0.4, 0.5) is 13.2 Å². The van der Waals surface area contributed by atoms with Crippen LogP contribution in [0.1, 0.15) is 28.6 Å². The molecule has 210 valence electrons. The van der Waals surface area contributed by atoms with Gasteiger partial charge in [-0.1, -0.05) is 23.4 Å². The van der Waals surface area contributed by atoms with E-state index in [-0.39, 0.29) is 23.7 Å². The van der Waals surface area contributed by atoms with Gasteiger partial charge in [0.05, 0.1) is 24.2 Å². The van der Waals surface area contributed by atoms with E-state index >= 15 is 0 Å². The lowest BCUT2D eigenvalue weighted by Gasteiger charge is -2.53. The van der Waals surface area contributed by atoms with Crippen LogP contribution in [-0.4, -0.2) is 84.7 Å². The van der Waals surface area contributed by atoms with Gasteiger partial charge in [-0.15, -0.1) is 16.4 Å². The number of aliphatic hydroxyl groups is 3. The molecule has 2 aromatic carbocycles. The molecular formula is C27H25F3N4O5S. The second-order valence-electron chi connectivity index (χ2n) is 10.1. The van der Waals surface area contributed by atoms with Gasteiger partial charge in [-0.05, 0) is 42.5 Å². The van der Waals surface area contributed by atoms with E-state index in [0.717, 1.165) is 26.9 Å². The van der Waals surface area contributed by atoms with E-state index < -0.39 is 54.0 Å². The number of thiophene rings is 1. The Morgan fingerprint density at radius 3 is 2.62 bits per heavy atom. The molecule has 0 saturated carbocycles. The first-order valence-corrected chi connectivity index (χ1v) is 13.5. The zero-order valence-electron chi connectivity index (χ0n) is 21.0. The third kappa shape index (κ3) is 4.47. The van der Waals surface area contributed by atoms with Crippen molar-refractivity contribution in [2.24, 2.45) is 0 Å². The lowest BCUT2D eigenvalue weighted by molar-refractivity contribution is -0.266. The smallest absolute Gasteiger partial charge is 0.264 e. The number of nitrogens with zero attached hydrogens (tertiary/aromatic N) is 4. The van der Waals surface area contributed by atoms with Gasteiger partial charge in [0.2, 0.25) is 0 Å². The van der Waals surface area contributed by atoms with Crippen molar-refractivity contribution in [1.29, 1.82) is 0 Å². The summed E-state index contributed by atoms with van der Waals surface area (Å²) in [5, 5.41) is 41.5. The number of likely N-dealkylation sites (tertiary alicyclic amines) is 1. The first kappa shape index (κ1) is 26.8. The summed E-state index contributed by atoms with van der Waals surface area (Å²) < 4.78 is 49.3. The minimum Gasteiger partial charge on any atom is -0.394 e. The molecule has 1 spiro atoms. The fourth-order valence-electron chi connectivity index (χ4n) is 5.67. The SMILES string of the molecule is O=C(c1cc2ccccc2s1)N1CCC[C@]2(C1)O[C@H](CO)[C@H](O)[C@@H](n1cc(-c3cc(F)c(F)c(F)c3)nn1)[C@H]2O. The van der Waals surface area contributed by atoms with Crippen LogP contribution in [0.5, 0.6) is 0 Å². The Labute approximate surface area is 230 Å². The highest BCUT2D eigenvalue weighted by Gasteiger charge is 2.56. The van der Waals surface area contributed by atoms with Crippen molar-refractivity contribution in [2.75, 3.05) is 19.7 Å². The molecule has 0 radical (unpaired) electrons. The van der Waals surface area contributed by atoms with Gasteiger partial charge >= 0.3 is 0 Å². The first-order chi connectivity index (χ1) is 19.2. The molecule has 9 nitrogen and oxygen atoms in total. The van der Waals surface area contributed by atoms with Gasteiger partial charge in [-0.2, -0.15) is 0 Å². The fraction of sp³-hybridized carbons (Fsp3) is 0.370. The van der Waals surface area contributed by atoms with Crippen molar-refractivity contribution < 1.29 is 38.0 Å². The van der Waals surface area contributed by atoms with E-state index in [1.807, 2.05) is 30.3 Å². The summed E-state index contributed by atoms with van der Waals surface area (Å²) in [6.07, 6.45) is -1.87. The third-order valence-corrected chi connectivity index (χ3v) is 8.77. The zero-order chi connectivity index (χ0) is 28.2. The van der Waals surface area contributed by atoms with E-state index in [4.69, 9.17) is 4.74 Å². The third-order valence-electron chi connectivity index (χ3n) is 7.66. The number of carbonyl (C=O) groups is 1. The van der Waals surface area contributed by atoms with Crippen LogP contribution in [0, 0.1) is 17.5 Å². The predicted octanol–water partition coefficient (Wildman–Crippen LogP) is 2.91. The molecule has 1 amide bonds. The number of hydrogen-bond donors (Lipinski definition) is 3. The number of rotatable bonds is 4. The molecule has 5 atom stereocenters. The second-order valence-corrected chi connectivity index (χ2v) is 11.2. The fourth-order valence-corrected chi connectivity index (χ4v) is 6.70. The molecule has 2 saturated heterocycles. The number of amides is 1. The molecule has 40 heavy (non-hydrogen) atoms. The highest BCUT2D eigenvalue weighted by atomic mass is 32.1. The molecule has 0 unspecified atom stereocenters. The molecule has 6 rings (SSSR count). The van der Waals surface area contributed by atoms with Gasteiger partial charge < -0.3 is 25.0 Å². The maximum atomic E-state index is 13.8. The molecular weight excluding hydrogens is 549 g/mol. The van der Waals surface area contributed by atoms with Gasteiger partial charge in [0.1, 0.15) is 35.6 Å². The predicted molar refractivity (Wildman–Crippen MR) is 138 cm³/mol. The van der Waals surface area contributed by atoms with E-state index in [9.17, 15) is 33.3 Å². The maximum absolute atomic E-state index is 13.8. The minimum atomic E-state index is -1.62. The van der Waals surface area contributed by atoms with Gasteiger partial charge in [-0.3, -0.25) is 4.79 Å². The number of halogens is 3. The van der Waals surface area contributed by atoms with Crippen molar-refractivity contribution in [3.05, 3.63) is 71.0 Å². The zero-order valence-corrected chi connectivity index (χ0v) is 21.8. The second kappa shape index (κ2) is 10.2. The van der Waals surface area contributed by atoms with Crippen molar-refractivity contribution in [2.45, 2.75) is 42.8 Å². The Morgan fingerprint density at radius 1 is 1.15 bits per heavy atom. The Morgan fingerprint density at radius 2 is 1.90 bits per heavy atom. The molecule has 0 bridgehead atoms. The Kier molecular flexibility index (Phi) is 6.87. The summed E-state index contributed by atoms with van der Waals surface area (Å²) in [5.74, 6) is -4.64. The van der Waals surface area contributed by atoms with Crippen molar-refractivity contribution >= 4 is 27.3 Å². The van der Waals surface area contributed by atoms with Gasteiger partial charge in [0.15, 0.2) is 17.5 Å². The molecule has 2 aliphatic rings. The molecule has 4 aromatic rings. The Balaban J connectivity index is 1.30. The number of piperidine rings is 1. The van der Waals surface area contributed by atoms with E-state index in [0.29, 0.717) is 24.3 Å². The molecule has 2 fully saturated rings. The van der Waals surface area contributed by atoms with Crippen LogP contribution in [0.15, 0.2) is 48.7 Å². The molecule has 2 aromatic heterocycles. The highest BCUT2D eigenvalue weighted by molar-refractivity contribution is 7.20. The van der Waals surface area contributed by atoms with Crippen LogP contribution in [0.25, 0.3) is 21.3 Å². The van der Waals surface area contributed by atoms with Gasteiger partial charge in [-0.25, -0.2) is 17.9 Å². The summed E-state index contributed by atoms with van der Waals surface area (Å²) in [6.45, 7) is -0.152. The first-order valence-electron chi connectivity index (χ1n) is 12.7. The number of fused-ring (bicyclic) bond motifs is 1. The standard InChI is InChI=1S/C27H25F3N4O5S/c28-16-8-15(9-17(29)22(16)30)18-11-34(32-31-18)23-24(36)19(12-35)39-27(25(23)37)6-3-7-33(13-27)26(38)21-10-14-4-1-2-5-20(14)40-21/h1-2,4-5,8-11,19,23-25,35-37H,3,6-7,12-13H2/t19-,23-,24+,25-,27-/m1/s1. The number of aromatic nitrogens is 3. The molecule has 4 heterocycles. The number of benzene rings is 2. The summed E-state index contributed by atoms with van der Waals surface area (Å²) in [5.41, 5.74) is -1.46. The monoisotopic (exact) mass is 574 g/mol. The van der Waals surface area contributed by atoms with Crippen molar-refractivity contribution in [3.8, 4) is 11.3 Å². The van der Waals surface area contributed by atoms with E-state index in [1.165, 1.54) is 17.5 Å². The molecule has 3 N–H and O–H groups in total. The number of hydrogen-bond acceptors (Lipinski definition) is 8. The largest absolute Gasteiger partial charge is 0.394 e. The lowest BCUT2D eigenvalue weighted by Crippen LogP contribution is -2.68. The Hall–Kier alpha value is -3.36. The maximum Gasteiger partial charge on any atom is 0.264 e. The van der Waals surface area contributed by atoms with E-state index in [2.05, 4.69) is 10.3 Å². The number of aliphatic hydroxyl groups excluding tert-OH is 3. The van der Waals surface area contributed by atoms with Crippen LogP contribution >= 0.6 is 11.3 Å². The molecule has 2 aliphatic heterocycles. The topological polar surface area (TPSA) is 121 Å². The minimum absolute atomic E-state index is 0.00307. The van der Waals surface area contributed by atoms with Crippen LogP contribution in [0.3, 0.4) is 0 Å². The summed E-state index contributed by atoms with van der Waals surface area (Å²) in [7, 11) is 0. The van der Waals surface area contributed by atoms with Crippen LogP contribution < -0.4 is 0 Å². The Bertz CT molecular complexity index is 1520. The molecule has 0 aliphatic carbocycles. The van der Waals surface area contributed by atoms with Crippen molar-refractivity contribution in [1.82, 2.24) is 19.9 Å². The quantitative estimate of drug-likeness (QED) is 0.321. The van der Waals surface area contributed by atoms with Crippen LogP contribution in [0.2, 0.25) is 0 Å². The normalized spacial score (nSPS) is 27.0. The van der Waals surface area contributed by atoms with Gasteiger partial charge in [0, 0.05) is 16.8 Å². The number of carbonyl (C=O) groups excluding carboxylic acids is 1. The summed E-state index contributed by atoms with van der Waals surface area (Å²) in [6, 6.07) is 9.82. The lowest BCUT2D eigenvalue weighted by atomic mass is 9.78.